The van der Waals surface area contributed by atoms with Gasteiger partial charge < -0.3 is 0 Å². The Labute approximate surface area is 228 Å². The second kappa shape index (κ2) is 12.5. The van der Waals surface area contributed by atoms with Crippen LogP contribution in [-0.4, -0.2) is 17.7 Å². The van der Waals surface area contributed by atoms with Gasteiger partial charge in [0.15, 0.2) is 0 Å². The van der Waals surface area contributed by atoms with Gasteiger partial charge in [0, 0.05) is 35.7 Å². The largest absolute Gasteiger partial charge is 0.287 e. The molecule has 0 fully saturated rings. The lowest BCUT2D eigenvalue weighted by molar-refractivity contribution is -0.384. The normalized spacial score (nSPS) is 13.8. The summed E-state index contributed by atoms with van der Waals surface area (Å²) in [6.45, 7) is 6.62. The van der Waals surface area contributed by atoms with Gasteiger partial charge in [-0.25, -0.2) is 0 Å². The summed E-state index contributed by atoms with van der Waals surface area (Å²) in [7, 11) is 1.87. The molecule has 0 heterocycles. The van der Waals surface area contributed by atoms with Crippen molar-refractivity contribution >= 4 is 11.4 Å². The van der Waals surface area contributed by atoms with Crippen LogP contribution in [0.25, 0.3) is 11.1 Å². The molecule has 4 nitrogen and oxygen atoms in total. The maximum Gasteiger partial charge on any atom is 0.269 e. The van der Waals surface area contributed by atoms with Crippen LogP contribution in [-0.2, 0) is 5.41 Å². The molecule has 0 aliphatic heterocycles. The third-order valence-electron chi connectivity index (χ3n) is 8.37. The highest BCUT2D eigenvalue weighted by atomic mass is 16.6. The van der Waals surface area contributed by atoms with E-state index >= 15 is 0 Å². The average Bonchev–Trinajstić information content (AvgIpc) is 3.19. The van der Waals surface area contributed by atoms with Crippen molar-refractivity contribution in [3.05, 3.63) is 98.6 Å². The van der Waals surface area contributed by atoms with Crippen LogP contribution < -0.4 is 0 Å². The standard InChI is InChI=1S/C34H42N2O2/c1-5-7-9-13-21-34(22-14-10-8-6-2)31-23-26(33(35-4)28-16-12-11-15-25(28)3)17-19-29(31)30-20-18-27(36(37)38)24-32(30)34/h11-12,15-20,23-24H,5-10,13-14,21-22H2,1-4H3. The number of rotatable bonds is 13. The fourth-order valence-corrected chi connectivity index (χ4v) is 6.36. The summed E-state index contributed by atoms with van der Waals surface area (Å²) in [6, 6.07) is 20.7. The van der Waals surface area contributed by atoms with Crippen LogP contribution >= 0.6 is 0 Å². The number of hydrogen-bond donors (Lipinski definition) is 0. The third-order valence-corrected chi connectivity index (χ3v) is 8.37. The number of hydrogen-bond acceptors (Lipinski definition) is 3. The molecule has 1 aliphatic rings. The molecule has 4 heteroatoms. The quantitative estimate of drug-likeness (QED) is 0.0994. The zero-order valence-corrected chi connectivity index (χ0v) is 23.6. The first-order chi connectivity index (χ1) is 18.5. The summed E-state index contributed by atoms with van der Waals surface area (Å²) in [4.78, 5) is 16.4. The van der Waals surface area contributed by atoms with E-state index in [0.717, 1.165) is 53.6 Å². The maximum atomic E-state index is 11.8. The lowest BCUT2D eigenvalue weighted by atomic mass is 9.70. The average molecular weight is 511 g/mol. The Morgan fingerprint density at radius 3 is 2.00 bits per heavy atom. The van der Waals surface area contributed by atoms with Gasteiger partial charge in [0.1, 0.15) is 0 Å². The molecule has 0 aromatic heterocycles. The van der Waals surface area contributed by atoms with E-state index < -0.39 is 0 Å². The van der Waals surface area contributed by atoms with E-state index in [-0.39, 0.29) is 16.0 Å². The van der Waals surface area contributed by atoms with Crippen LogP contribution in [0.4, 0.5) is 5.69 Å². The summed E-state index contributed by atoms with van der Waals surface area (Å²) in [5.41, 5.74) is 9.33. The van der Waals surface area contributed by atoms with Crippen LogP contribution in [0.3, 0.4) is 0 Å². The number of nitrogens with zero attached hydrogens (tertiary/aromatic N) is 2. The summed E-state index contributed by atoms with van der Waals surface area (Å²) in [5.74, 6) is 0. The molecule has 0 saturated carbocycles. The number of unbranched alkanes of at least 4 members (excludes halogenated alkanes) is 6. The van der Waals surface area contributed by atoms with Crippen molar-refractivity contribution in [3.8, 4) is 11.1 Å². The summed E-state index contributed by atoms with van der Waals surface area (Å²) >= 11 is 0. The van der Waals surface area contributed by atoms with Gasteiger partial charge in [-0.3, -0.25) is 15.1 Å². The highest BCUT2D eigenvalue weighted by Crippen LogP contribution is 2.55. The second-order valence-electron chi connectivity index (χ2n) is 10.8. The summed E-state index contributed by atoms with van der Waals surface area (Å²) in [6.07, 6.45) is 11.5. The smallest absolute Gasteiger partial charge is 0.269 e. The van der Waals surface area contributed by atoms with E-state index in [0.29, 0.717) is 0 Å². The minimum absolute atomic E-state index is 0.194. The van der Waals surface area contributed by atoms with Crippen LogP contribution in [0.5, 0.6) is 0 Å². The monoisotopic (exact) mass is 510 g/mol. The first kappa shape index (κ1) is 27.8. The molecule has 3 aromatic carbocycles. The van der Waals surface area contributed by atoms with Crippen molar-refractivity contribution in [2.75, 3.05) is 7.05 Å². The summed E-state index contributed by atoms with van der Waals surface area (Å²) in [5, 5.41) is 11.8. The van der Waals surface area contributed by atoms with E-state index in [1.807, 2.05) is 19.2 Å². The SMILES string of the molecule is CCCCCCC1(CCCCCC)c2cc(C(=NC)c3ccccc3C)ccc2-c2ccc([N+](=O)[O-])cc21. The summed E-state index contributed by atoms with van der Waals surface area (Å²) < 4.78 is 0. The van der Waals surface area contributed by atoms with Crippen molar-refractivity contribution in [2.24, 2.45) is 4.99 Å². The molecule has 0 radical (unpaired) electrons. The number of benzene rings is 3. The van der Waals surface area contributed by atoms with Crippen LogP contribution in [0, 0.1) is 17.0 Å². The predicted molar refractivity (Wildman–Crippen MR) is 160 cm³/mol. The van der Waals surface area contributed by atoms with E-state index in [9.17, 15) is 10.1 Å². The molecular formula is C34H42N2O2. The topological polar surface area (TPSA) is 55.5 Å². The lowest BCUT2D eigenvalue weighted by Crippen LogP contribution is -2.26. The van der Waals surface area contributed by atoms with Crippen molar-refractivity contribution in [1.29, 1.82) is 0 Å². The maximum absolute atomic E-state index is 11.8. The lowest BCUT2D eigenvalue weighted by Gasteiger charge is -2.33. The first-order valence-corrected chi connectivity index (χ1v) is 14.4. The molecule has 0 spiro atoms. The van der Waals surface area contributed by atoms with Gasteiger partial charge in [0.2, 0.25) is 0 Å². The van der Waals surface area contributed by atoms with Crippen LogP contribution in [0.2, 0.25) is 0 Å². The Balaban J connectivity index is 1.88. The van der Waals surface area contributed by atoms with Crippen LogP contribution in [0.1, 0.15) is 106 Å². The molecule has 0 unspecified atom stereocenters. The molecule has 200 valence electrons. The number of nitro groups is 1. The van der Waals surface area contributed by atoms with Gasteiger partial charge in [0.25, 0.3) is 5.69 Å². The molecule has 0 bridgehead atoms. The van der Waals surface area contributed by atoms with E-state index in [4.69, 9.17) is 4.99 Å². The Hall–Kier alpha value is -3.27. The zero-order chi connectivity index (χ0) is 27.1. The molecule has 0 atom stereocenters. The Morgan fingerprint density at radius 2 is 1.42 bits per heavy atom. The Morgan fingerprint density at radius 1 is 0.816 bits per heavy atom. The number of aliphatic imine (C=N–C) groups is 1. The van der Waals surface area contributed by atoms with E-state index in [1.165, 1.54) is 55.2 Å². The van der Waals surface area contributed by atoms with E-state index in [2.05, 4.69) is 63.2 Å². The third kappa shape index (κ3) is 5.45. The van der Waals surface area contributed by atoms with Crippen molar-refractivity contribution in [2.45, 2.75) is 90.4 Å². The molecule has 1 aliphatic carbocycles. The second-order valence-corrected chi connectivity index (χ2v) is 10.8. The molecule has 4 rings (SSSR count). The van der Waals surface area contributed by atoms with Gasteiger partial charge in [-0.15, -0.1) is 0 Å². The van der Waals surface area contributed by atoms with Crippen molar-refractivity contribution in [3.63, 3.8) is 0 Å². The van der Waals surface area contributed by atoms with Crippen LogP contribution in [0.15, 0.2) is 65.7 Å². The zero-order valence-electron chi connectivity index (χ0n) is 23.6. The fourth-order valence-electron chi connectivity index (χ4n) is 6.36. The molecule has 0 amide bonds. The number of fused-ring (bicyclic) bond motifs is 3. The van der Waals surface area contributed by atoms with Gasteiger partial charge in [-0.1, -0.05) is 102 Å². The molecule has 0 saturated heterocycles. The molecule has 3 aromatic rings. The van der Waals surface area contributed by atoms with E-state index in [1.54, 1.807) is 6.07 Å². The van der Waals surface area contributed by atoms with Crippen molar-refractivity contribution < 1.29 is 4.92 Å². The molecular weight excluding hydrogens is 468 g/mol. The van der Waals surface area contributed by atoms with Gasteiger partial charge in [-0.2, -0.15) is 0 Å². The fraction of sp³-hybridized carbons (Fsp3) is 0.441. The predicted octanol–water partition coefficient (Wildman–Crippen LogP) is 9.58. The minimum Gasteiger partial charge on any atom is -0.287 e. The highest BCUT2D eigenvalue weighted by Gasteiger charge is 2.43. The van der Waals surface area contributed by atoms with Crippen molar-refractivity contribution in [1.82, 2.24) is 0 Å². The van der Waals surface area contributed by atoms with Gasteiger partial charge in [0.05, 0.1) is 10.6 Å². The Kier molecular flexibility index (Phi) is 9.14. The van der Waals surface area contributed by atoms with Gasteiger partial charge >= 0.3 is 0 Å². The number of aryl methyl sites for hydroxylation is 1. The number of nitro benzene ring substituents is 1. The minimum atomic E-state index is -0.242. The Bertz CT molecular complexity index is 1300. The highest BCUT2D eigenvalue weighted by molar-refractivity contribution is 6.14. The number of non-ortho nitro benzene ring substituents is 1. The molecule has 38 heavy (non-hydrogen) atoms. The molecule has 0 N–H and O–H groups in total. The first-order valence-electron chi connectivity index (χ1n) is 14.4. The van der Waals surface area contributed by atoms with Gasteiger partial charge in [-0.05, 0) is 59.7 Å².